The molecule has 130 valence electrons. The molecule has 1 aliphatic heterocycles. The van der Waals surface area contributed by atoms with Gasteiger partial charge >= 0.3 is 0 Å². The summed E-state index contributed by atoms with van der Waals surface area (Å²) in [6, 6.07) is 0.210. The molecule has 1 aromatic heterocycles. The Morgan fingerprint density at radius 1 is 1.39 bits per heavy atom. The minimum absolute atomic E-state index is 0.0169. The molecule has 1 saturated heterocycles. The van der Waals surface area contributed by atoms with E-state index < -0.39 is 9.84 Å². The number of sulfone groups is 1. The van der Waals surface area contributed by atoms with E-state index in [4.69, 9.17) is 0 Å². The van der Waals surface area contributed by atoms with Crippen molar-refractivity contribution in [1.82, 2.24) is 20.1 Å². The molecule has 23 heavy (non-hydrogen) atoms. The quantitative estimate of drug-likeness (QED) is 0.732. The molecule has 2 heterocycles. The monoisotopic (exact) mass is 360 g/mol. The van der Waals surface area contributed by atoms with Crippen LogP contribution in [0.4, 0.5) is 0 Å². The fourth-order valence-electron chi connectivity index (χ4n) is 2.70. The van der Waals surface area contributed by atoms with Crippen LogP contribution in [0, 0.1) is 0 Å². The molecule has 0 aromatic carbocycles. The fraction of sp³-hybridized carbons (Fsp3) is 0.786. The molecule has 7 nitrogen and oxygen atoms in total. The molecule has 1 aliphatic rings. The summed E-state index contributed by atoms with van der Waals surface area (Å²) in [7, 11) is -1.13. The number of hydrogen-bond acceptors (Lipinski definition) is 6. The minimum Gasteiger partial charge on any atom is -0.353 e. The van der Waals surface area contributed by atoms with E-state index in [1.165, 1.54) is 11.8 Å². The Hall–Kier alpha value is -1.09. The second-order valence-corrected chi connectivity index (χ2v) is 9.04. The molecule has 1 fully saturated rings. The van der Waals surface area contributed by atoms with Crippen LogP contribution in [-0.4, -0.2) is 52.4 Å². The van der Waals surface area contributed by atoms with Crippen LogP contribution in [0.2, 0.25) is 0 Å². The van der Waals surface area contributed by atoms with Gasteiger partial charge in [0.05, 0.1) is 17.3 Å². The number of rotatable bonds is 7. The zero-order chi connectivity index (χ0) is 17.0. The Morgan fingerprint density at radius 2 is 2.09 bits per heavy atom. The number of carbonyl (C=O) groups is 1. The molecule has 0 saturated carbocycles. The predicted molar refractivity (Wildman–Crippen MR) is 90.3 cm³/mol. The van der Waals surface area contributed by atoms with Crippen molar-refractivity contribution in [2.24, 2.45) is 7.05 Å². The first kappa shape index (κ1) is 18.3. The van der Waals surface area contributed by atoms with Gasteiger partial charge in [0.25, 0.3) is 0 Å². The molecule has 2 rings (SSSR count). The highest BCUT2D eigenvalue weighted by Crippen LogP contribution is 2.29. The van der Waals surface area contributed by atoms with E-state index in [0.717, 1.165) is 12.8 Å². The Kier molecular flexibility index (Phi) is 6.07. The number of hydrogen-bond donors (Lipinski definition) is 1. The van der Waals surface area contributed by atoms with Gasteiger partial charge in [0, 0.05) is 19.0 Å². The van der Waals surface area contributed by atoms with E-state index in [0.29, 0.717) is 17.4 Å². The molecule has 1 amide bonds. The van der Waals surface area contributed by atoms with Gasteiger partial charge in [-0.25, -0.2) is 8.42 Å². The summed E-state index contributed by atoms with van der Waals surface area (Å²) in [5, 5.41) is 11.9. The summed E-state index contributed by atoms with van der Waals surface area (Å²) in [5.41, 5.74) is 0. The Bertz CT molecular complexity index is 653. The van der Waals surface area contributed by atoms with Crippen LogP contribution in [0.5, 0.6) is 0 Å². The smallest absolute Gasteiger partial charge is 0.230 e. The standard InChI is InChI=1S/C14H24N4O3S2/c1-4-11(5-2)15-12(19)8-22-14-17-16-13(18(14)3)10-6-7-23(20,21)9-10/h10-11H,4-9H2,1-3H3,(H,15,19). The second kappa shape index (κ2) is 7.65. The highest BCUT2D eigenvalue weighted by Gasteiger charge is 2.32. The van der Waals surface area contributed by atoms with E-state index >= 15 is 0 Å². The zero-order valence-corrected chi connectivity index (χ0v) is 15.4. The number of amides is 1. The maximum Gasteiger partial charge on any atom is 0.230 e. The van der Waals surface area contributed by atoms with Crippen molar-refractivity contribution >= 4 is 27.5 Å². The van der Waals surface area contributed by atoms with Crippen molar-refractivity contribution in [2.75, 3.05) is 17.3 Å². The number of nitrogens with one attached hydrogen (secondary N) is 1. The normalized spacial score (nSPS) is 20.1. The van der Waals surface area contributed by atoms with E-state index in [2.05, 4.69) is 15.5 Å². The third-order valence-electron chi connectivity index (χ3n) is 4.15. The van der Waals surface area contributed by atoms with Gasteiger partial charge in [0.1, 0.15) is 5.82 Å². The molecule has 1 unspecified atom stereocenters. The molecule has 1 atom stereocenters. The third kappa shape index (κ3) is 4.69. The molecule has 1 aromatic rings. The molecule has 0 bridgehead atoms. The van der Waals surface area contributed by atoms with Gasteiger partial charge in [-0.1, -0.05) is 25.6 Å². The van der Waals surface area contributed by atoms with Crippen molar-refractivity contribution in [3.8, 4) is 0 Å². The molecule has 0 spiro atoms. The SMILES string of the molecule is CCC(CC)NC(=O)CSc1nnc(C2CCS(=O)(=O)C2)n1C. The lowest BCUT2D eigenvalue weighted by Gasteiger charge is -2.14. The second-order valence-electron chi connectivity index (χ2n) is 5.87. The zero-order valence-electron chi connectivity index (χ0n) is 13.8. The van der Waals surface area contributed by atoms with Gasteiger partial charge in [0.15, 0.2) is 15.0 Å². The van der Waals surface area contributed by atoms with Gasteiger partial charge in [-0.3, -0.25) is 4.79 Å². The number of aromatic nitrogens is 3. The van der Waals surface area contributed by atoms with Crippen molar-refractivity contribution in [2.45, 2.75) is 50.2 Å². The van der Waals surface area contributed by atoms with Gasteiger partial charge in [-0.15, -0.1) is 10.2 Å². The lowest BCUT2D eigenvalue weighted by Crippen LogP contribution is -2.35. The van der Waals surface area contributed by atoms with E-state index in [1.54, 1.807) is 4.57 Å². The Balaban J connectivity index is 1.94. The van der Waals surface area contributed by atoms with Crippen LogP contribution in [0.15, 0.2) is 5.16 Å². The lowest BCUT2D eigenvalue weighted by molar-refractivity contribution is -0.119. The van der Waals surface area contributed by atoms with Crippen molar-refractivity contribution in [3.63, 3.8) is 0 Å². The summed E-state index contributed by atoms with van der Waals surface area (Å²) in [6.07, 6.45) is 2.42. The van der Waals surface area contributed by atoms with Crippen LogP contribution in [0.25, 0.3) is 0 Å². The van der Waals surface area contributed by atoms with Gasteiger partial charge in [0.2, 0.25) is 5.91 Å². The minimum atomic E-state index is -2.95. The topological polar surface area (TPSA) is 94.0 Å². The average molecular weight is 361 g/mol. The van der Waals surface area contributed by atoms with E-state index in [1.807, 2.05) is 20.9 Å². The van der Waals surface area contributed by atoms with E-state index in [9.17, 15) is 13.2 Å². The third-order valence-corrected chi connectivity index (χ3v) is 6.94. The largest absolute Gasteiger partial charge is 0.353 e. The van der Waals surface area contributed by atoms with Gasteiger partial charge in [-0.2, -0.15) is 0 Å². The van der Waals surface area contributed by atoms with Crippen LogP contribution in [0.1, 0.15) is 44.9 Å². The molecular formula is C14H24N4O3S2. The first-order chi connectivity index (χ1) is 10.9. The Labute approximate surface area is 141 Å². The van der Waals surface area contributed by atoms with E-state index in [-0.39, 0.29) is 35.1 Å². The summed E-state index contributed by atoms with van der Waals surface area (Å²) < 4.78 is 25.0. The highest BCUT2D eigenvalue weighted by molar-refractivity contribution is 7.99. The molecule has 0 aliphatic carbocycles. The van der Waals surface area contributed by atoms with Crippen molar-refractivity contribution in [1.29, 1.82) is 0 Å². The Morgan fingerprint density at radius 3 is 2.65 bits per heavy atom. The average Bonchev–Trinajstić information content (AvgIpc) is 3.05. The van der Waals surface area contributed by atoms with Crippen LogP contribution in [0.3, 0.4) is 0 Å². The molecular weight excluding hydrogens is 336 g/mol. The summed E-state index contributed by atoms with van der Waals surface area (Å²) in [4.78, 5) is 11.9. The van der Waals surface area contributed by atoms with Crippen LogP contribution < -0.4 is 5.32 Å². The number of thioether (sulfide) groups is 1. The molecule has 1 N–H and O–H groups in total. The highest BCUT2D eigenvalue weighted by atomic mass is 32.2. The molecule has 0 radical (unpaired) electrons. The molecule has 9 heteroatoms. The summed E-state index contributed by atoms with van der Waals surface area (Å²) in [6.45, 7) is 4.10. The van der Waals surface area contributed by atoms with Crippen molar-refractivity contribution in [3.05, 3.63) is 5.82 Å². The maximum absolute atomic E-state index is 11.9. The van der Waals surface area contributed by atoms with Gasteiger partial charge in [-0.05, 0) is 19.3 Å². The van der Waals surface area contributed by atoms with Crippen LogP contribution >= 0.6 is 11.8 Å². The fourth-order valence-corrected chi connectivity index (χ4v) is 5.17. The first-order valence-electron chi connectivity index (χ1n) is 7.88. The number of carbonyl (C=O) groups excluding carboxylic acids is 1. The summed E-state index contributed by atoms with van der Waals surface area (Å²) >= 11 is 1.33. The van der Waals surface area contributed by atoms with Crippen LogP contribution in [-0.2, 0) is 21.7 Å². The predicted octanol–water partition coefficient (Wildman–Crippen LogP) is 1.11. The lowest BCUT2D eigenvalue weighted by atomic mass is 10.1. The van der Waals surface area contributed by atoms with Gasteiger partial charge < -0.3 is 9.88 Å². The maximum atomic E-state index is 11.9. The number of nitrogens with zero attached hydrogens (tertiary/aromatic N) is 3. The van der Waals surface area contributed by atoms with Crippen molar-refractivity contribution < 1.29 is 13.2 Å². The first-order valence-corrected chi connectivity index (χ1v) is 10.7. The summed E-state index contributed by atoms with van der Waals surface area (Å²) in [5.74, 6) is 1.21.